The maximum Gasteiger partial charge on any atom is 0.306 e. The van der Waals surface area contributed by atoms with Crippen LogP contribution in [0.3, 0.4) is 0 Å². The Morgan fingerprint density at radius 1 is 1.00 bits per heavy atom. The number of benzene rings is 2. The van der Waals surface area contributed by atoms with Crippen molar-refractivity contribution in [2.75, 3.05) is 25.0 Å². The van der Waals surface area contributed by atoms with Crippen molar-refractivity contribution in [2.24, 2.45) is 0 Å². The summed E-state index contributed by atoms with van der Waals surface area (Å²) in [6.45, 7) is 3.76. The van der Waals surface area contributed by atoms with Crippen LogP contribution in [0.2, 0.25) is 0 Å². The average molecular weight is 470 g/mol. The number of esters is 1. The van der Waals surface area contributed by atoms with E-state index in [-0.39, 0.29) is 11.3 Å². The van der Waals surface area contributed by atoms with Gasteiger partial charge in [-0.1, -0.05) is 44.2 Å². The van der Waals surface area contributed by atoms with Gasteiger partial charge in [-0.2, -0.15) is 4.31 Å². The Kier molecular flexibility index (Phi) is 8.13. The van der Waals surface area contributed by atoms with Gasteiger partial charge < -0.3 is 10.1 Å². The number of fused-ring (bicyclic) bond motifs is 1. The van der Waals surface area contributed by atoms with Gasteiger partial charge in [0, 0.05) is 36.3 Å². The van der Waals surface area contributed by atoms with Crippen LogP contribution in [0.15, 0.2) is 65.6 Å². The van der Waals surface area contributed by atoms with Crippen LogP contribution >= 0.6 is 0 Å². The molecule has 0 unspecified atom stereocenters. The fourth-order valence-corrected chi connectivity index (χ4v) is 4.84. The van der Waals surface area contributed by atoms with Crippen molar-refractivity contribution in [2.45, 2.75) is 31.6 Å². The number of aromatic nitrogens is 1. The van der Waals surface area contributed by atoms with Gasteiger partial charge in [0.1, 0.15) is 0 Å². The molecule has 0 saturated carbocycles. The lowest BCUT2D eigenvalue weighted by Gasteiger charge is -2.18. The van der Waals surface area contributed by atoms with E-state index in [9.17, 15) is 18.0 Å². The highest BCUT2D eigenvalue weighted by atomic mass is 32.2. The van der Waals surface area contributed by atoms with E-state index in [0.29, 0.717) is 25.2 Å². The van der Waals surface area contributed by atoms with Gasteiger partial charge in [0.05, 0.1) is 16.8 Å². The highest BCUT2D eigenvalue weighted by molar-refractivity contribution is 7.89. The van der Waals surface area contributed by atoms with E-state index < -0.39 is 28.5 Å². The summed E-state index contributed by atoms with van der Waals surface area (Å²) in [7, 11) is -3.64. The monoisotopic (exact) mass is 469 g/mol. The van der Waals surface area contributed by atoms with Gasteiger partial charge in [-0.15, -0.1) is 0 Å². The minimum Gasteiger partial charge on any atom is -0.456 e. The van der Waals surface area contributed by atoms with Gasteiger partial charge in [0.2, 0.25) is 10.0 Å². The molecule has 1 heterocycles. The molecule has 0 saturated heterocycles. The van der Waals surface area contributed by atoms with Crippen LogP contribution in [0.1, 0.15) is 26.0 Å². The molecule has 3 rings (SSSR count). The Hall–Kier alpha value is -3.30. The number of nitrogens with one attached hydrogen (secondary N) is 1. The molecule has 1 N–H and O–H groups in total. The molecule has 174 valence electrons. The lowest BCUT2D eigenvalue weighted by Crippen LogP contribution is -2.30. The number of sulfonamides is 1. The number of hydrogen-bond donors (Lipinski definition) is 1. The Labute approximate surface area is 193 Å². The van der Waals surface area contributed by atoms with E-state index in [1.54, 1.807) is 26.0 Å². The summed E-state index contributed by atoms with van der Waals surface area (Å²) < 4.78 is 31.7. The summed E-state index contributed by atoms with van der Waals surface area (Å²) in [5, 5.41) is 3.59. The molecule has 0 fully saturated rings. The van der Waals surface area contributed by atoms with Crippen molar-refractivity contribution >= 4 is 38.5 Å². The Bertz CT molecular complexity index is 1240. The normalized spacial score (nSPS) is 11.5. The molecule has 0 atom stereocenters. The fourth-order valence-electron chi connectivity index (χ4n) is 3.34. The minimum absolute atomic E-state index is 0.0869. The summed E-state index contributed by atoms with van der Waals surface area (Å²) in [6.07, 6.45) is 0.493. The molecule has 0 bridgehead atoms. The SMILES string of the molecule is CCN(CC)S(=O)(=O)c1cccc(NC(=O)COC(=O)CCc2ccc3ccccc3n2)c1. The van der Waals surface area contributed by atoms with Gasteiger partial charge in [0.15, 0.2) is 6.61 Å². The summed E-state index contributed by atoms with van der Waals surface area (Å²) in [6, 6.07) is 17.5. The largest absolute Gasteiger partial charge is 0.456 e. The molecule has 9 heteroatoms. The second kappa shape index (κ2) is 11.0. The van der Waals surface area contributed by atoms with Crippen molar-refractivity contribution in [1.29, 1.82) is 0 Å². The number of aryl methyl sites for hydroxylation is 1. The van der Waals surface area contributed by atoms with Crippen molar-refractivity contribution in [3.8, 4) is 0 Å². The number of hydrogen-bond acceptors (Lipinski definition) is 6. The zero-order valence-electron chi connectivity index (χ0n) is 18.7. The van der Waals surface area contributed by atoms with Crippen LogP contribution in [-0.4, -0.2) is 49.3 Å². The van der Waals surface area contributed by atoms with Gasteiger partial charge in [-0.25, -0.2) is 8.42 Å². The van der Waals surface area contributed by atoms with Crippen LogP contribution in [0.4, 0.5) is 5.69 Å². The molecule has 0 radical (unpaired) electrons. The zero-order valence-corrected chi connectivity index (χ0v) is 19.5. The van der Waals surface area contributed by atoms with Crippen molar-refractivity contribution in [1.82, 2.24) is 9.29 Å². The van der Waals surface area contributed by atoms with Crippen LogP contribution < -0.4 is 5.32 Å². The van der Waals surface area contributed by atoms with Crippen molar-refractivity contribution < 1.29 is 22.7 Å². The minimum atomic E-state index is -3.64. The summed E-state index contributed by atoms with van der Waals surface area (Å²) >= 11 is 0. The number of carbonyl (C=O) groups is 2. The third-order valence-electron chi connectivity index (χ3n) is 5.07. The average Bonchev–Trinajstić information content (AvgIpc) is 2.82. The molecule has 8 nitrogen and oxygen atoms in total. The molecule has 33 heavy (non-hydrogen) atoms. The van der Waals surface area contributed by atoms with Crippen LogP contribution in [0, 0.1) is 0 Å². The van der Waals surface area contributed by atoms with Gasteiger partial charge in [-0.05, 0) is 30.3 Å². The Morgan fingerprint density at radius 2 is 1.76 bits per heavy atom. The fraction of sp³-hybridized carbons (Fsp3) is 0.292. The number of carbonyl (C=O) groups excluding carboxylic acids is 2. The van der Waals surface area contributed by atoms with Crippen LogP contribution in [0.5, 0.6) is 0 Å². The van der Waals surface area contributed by atoms with E-state index in [1.807, 2.05) is 36.4 Å². The van der Waals surface area contributed by atoms with Crippen LogP contribution in [-0.2, 0) is 30.8 Å². The second-order valence-corrected chi connectivity index (χ2v) is 9.26. The third-order valence-corrected chi connectivity index (χ3v) is 7.11. The number of para-hydroxylation sites is 1. The van der Waals surface area contributed by atoms with Gasteiger partial charge in [0.25, 0.3) is 5.91 Å². The zero-order chi connectivity index (χ0) is 23.8. The molecule has 0 aliphatic rings. The predicted molar refractivity (Wildman–Crippen MR) is 126 cm³/mol. The third kappa shape index (κ3) is 6.36. The smallest absolute Gasteiger partial charge is 0.306 e. The number of rotatable bonds is 10. The maximum atomic E-state index is 12.6. The molecule has 1 amide bonds. The standard InChI is InChI=1S/C24H27N3O5S/c1-3-27(4-2)33(30,31)21-10-7-9-20(16-21)26-23(28)17-32-24(29)15-14-19-13-12-18-8-5-6-11-22(18)25-19/h5-13,16H,3-4,14-15,17H2,1-2H3,(H,26,28). The van der Waals surface area contributed by atoms with E-state index >= 15 is 0 Å². The summed E-state index contributed by atoms with van der Waals surface area (Å²) in [5.74, 6) is -1.07. The number of amides is 1. The molecule has 1 aromatic heterocycles. The van der Waals surface area contributed by atoms with E-state index in [0.717, 1.165) is 16.6 Å². The lowest BCUT2D eigenvalue weighted by atomic mass is 10.1. The van der Waals surface area contributed by atoms with Crippen molar-refractivity contribution in [3.05, 3.63) is 66.4 Å². The summed E-state index contributed by atoms with van der Waals surface area (Å²) in [4.78, 5) is 28.8. The summed E-state index contributed by atoms with van der Waals surface area (Å²) in [5.41, 5.74) is 1.93. The van der Waals surface area contributed by atoms with Crippen molar-refractivity contribution in [3.63, 3.8) is 0 Å². The first kappa shape index (κ1) is 24.3. The predicted octanol–water partition coefficient (Wildman–Crippen LogP) is 3.38. The van der Waals surface area contributed by atoms with E-state index in [4.69, 9.17) is 4.74 Å². The first-order valence-electron chi connectivity index (χ1n) is 10.7. The number of pyridine rings is 1. The molecule has 0 spiro atoms. The number of nitrogens with zero attached hydrogens (tertiary/aromatic N) is 2. The van der Waals surface area contributed by atoms with E-state index in [1.165, 1.54) is 16.4 Å². The first-order chi connectivity index (χ1) is 15.8. The lowest BCUT2D eigenvalue weighted by molar-refractivity contribution is -0.147. The Balaban J connectivity index is 1.51. The number of ether oxygens (including phenoxy) is 1. The molecule has 3 aromatic rings. The second-order valence-electron chi connectivity index (χ2n) is 7.32. The highest BCUT2D eigenvalue weighted by Crippen LogP contribution is 2.19. The first-order valence-corrected chi connectivity index (χ1v) is 12.2. The Morgan fingerprint density at radius 3 is 2.52 bits per heavy atom. The van der Waals surface area contributed by atoms with Gasteiger partial charge >= 0.3 is 5.97 Å². The topological polar surface area (TPSA) is 106 Å². The number of anilines is 1. The van der Waals surface area contributed by atoms with Gasteiger partial charge in [-0.3, -0.25) is 14.6 Å². The molecule has 0 aliphatic carbocycles. The van der Waals surface area contributed by atoms with Crippen LogP contribution in [0.25, 0.3) is 10.9 Å². The molecule has 2 aromatic carbocycles. The van der Waals surface area contributed by atoms with E-state index in [2.05, 4.69) is 10.3 Å². The molecular formula is C24H27N3O5S. The highest BCUT2D eigenvalue weighted by Gasteiger charge is 2.22. The quantitative estimate of drug-likeness (QED) is 0.457. The molecule has 0 aliphatic heterocycles. The molecular weight excluding hydrogens is 442 g/mol. The maximum absolute atomic E-state index is 12.6.